The second-order valence-electron chi connectivity index (χ2n) is 4.25. The van der Waals surface area contributed by atoms with E-state index in [4.69, 9.17) is 16.7 Å². The van der Waals surface area contributed by atoms with Gasteiger partial charge in [-0.2, -0.15) is 5.10 Å². The summed E-state index contributed by atoms with van der Waals surface area (Å²) in [5.74, 6) is -1.08. The van der Waals surface area contributed by atoms with Crippen LogP contribution in [0.15, 0.2) is 30.5 Å². The zero-order valence-corrected chi connectivity index (χ0v) is 11.9. The van der Waals surface area contributed by atoms with Gasteiger partial charge >= 0.3 is 12.0 Å². The van der Waals surface area contributed by atoms with E-state index in [1.165, 1.54) is 18.2 Å². The van der Waals surface area contributed by atoms with Crippen LogP contribution in [0.5, 0.6) is 0 Å². The average molecular weight is 309 g/mol. The summed E-state index contributed by atoms with van der Waals surface area (Å²) in [6.07, 6.45) is 1.64. The van der Waals surface area contributed by atoms with Crippen LogP contribution < -0.4 is 10.6 Å². The van der Waals surface area contributed by atoms with Crippen LogP contribution in [0.1, 0.15) is 16.1 Å². The van der Waals surface area contributed by atoms with Crippen LogP contribution in [-0.4, -0.2) is 26.9 Å². The first-order valence-electron chi connectivity index (χ1n) is 6.02. The van der Waals surface area contributed by atoms with Gasteiger partial charge in [0.05, 0.1) is 28.5 Å². The molecule has 0 unspecified atom stereocenters. The molecule has 0 aliphatic heterocycles. The summed E-state index contributed by atoms with van der Waals surface area (Å²) in [7, 11) is 1.77. The number of anilines is 1. The Balaban J connectivity index is 1.96. The van der Waals surface area contributed by atoms with Crippen molar-refractivity contribution >= 4 is 29.3 Å². The molecule has 21 heavy (non-hydrogen) atoms. The maximum atomic E-state index is 11.8. The molecule has 2 amide bonds. The lowest BCUT2D eigenvalue weighted by atomic mass is 10.2. The molecule has 8 heteroatoms. The molecule has 1 aromatic heterocycles. The predicted molar refractivity (Wildman–Crippen MR) is 77.5 cm³/mol. The summed E-state index contributed by atoms with van der Waals surface area (Å²) in [5.41, 5.74) is 1.24. The number of urea groups is 1. The molecular formula is C13H13ClN4O3. The summed E-state index contributed by atoms with van der Waals surface area (Å²) in [6.45, 7) is 0.313. The van der Waals surface area contributed by atoms with Crippen LogP contribution in [0, 0.1) is 0 Å². The van der Waals surface area contributed by atoms with Gasteiger partial charge < -0.3 is 15.7 Å². The van der Waals surface area contributed by atoms with Crippen molar-refractivity contribution in [3.05, 3.63) is 46.7 Å². The minimum absolute atomic E-state index is 0.0563. The lowest BCUT2D eigenvalue weighted by Gasteiger charge is -2.09. The fourth-order valence-electron chi connectivity index (χ4n) is 1.66. The molecule has 0 fully saturated rings. The SMILES string of the molecule is Cn1nccc1CNC(=O)Nc1ccc(C(=O)O)cc1Cl. The van der Waals surface area contributed by atoms with E-state index in [0.717, 1.165) is 5.69 Å². The Morgan fingerprint density at radius 1 is 1.38 bits per heavy atom. The van der Waals surface area contributed by atoms with Gasteiger partial charge in [-0.15, -0.1) is 0 Å². The van der Waals surface area contributed by atoms with Gasteiger partial charge in [0, 0.05) is 13.2 Å². The largest absolute Gasteiger partial charge is 0.478 e. The number of hydrogen-bond donors (Lipinski definition) is 3. The fraction of sp³-hybridized carbons (Fsp3) is 0.154. The standard InChI is InChI=1S/C13H13ClN4O3/c1-18-9(4-5-16-18)7-15-13(21)17-11-3-2-8(12(19)20)6-10(11)14/h2-6H,7H2,1H3,(H,19,20)(H2,15,17,21). The Kier molecular flexibility index (Phi) is 4.44. The maximum Gasteiger partial charge on any atom is 0.335 e. The number of nitrogens with one attached hydrogen (secondary N) is 2. The van der Waals surface area contributed by atoms with E-state index >= 15 is 0 Å². The molecule has 2 aromatic rings. The minimum Gasteiger partial charge on any atom is -0.478 e. The quantitative estimate of drug-likeness (QED) is 0.805. The maximum absolute atomic E-state index is 11.8. The van der Waals surface area contributed by atoms with Gasteiger partial charge in [-0.3, -0.25) is 4.68 Å². The third-order valence-corrected chi connectivity index (χ3v) is 3.13. The second kappa shape index (κ2) is 6.27. The molecule has 0 saturated carbocycles. The van der Waals surface area contributed by atoms with E-state index in [0.29, 0.717) is 12.2 Å². The third-order valence-electron chi connectivity index (χ3n) is 2.82. The molecule has 1 aromatic carbocycles. The van der Waals surface area contributed by atoms with Crippen LogP contribution in [0.2, 0.25) is 5.02 Å². The molecule has 0 aliphatic carbocycles. The Morgan fingerprint density at radius 3 is 2.71 bits per heavy atom. The van der Waals surface area contributed by atoms with Gasteiger partial charge in [0.2, 0.25) is 0 Å². The molecule has 0 spiro atoms. The van der Waals surface area contributed by atoms with Crippen molar-refractivity contribution in [1.82, 2.24) is 15.1 Å². The minimum atomic E-state index is -1.08. The summed E-state index contributed by atoms with van der Waals surface area (Å²) in [4.78, 5) is 22.5. The van der Waals surface area contributed by atoms with Gasteiger partial charge in [0.1, 0.15) is 0 Å². The lowest BCUT2D eigenvalue weighted by molar-refractivity contribution is 0.0697. The van der Waals surface area contributed by atoms with Crippen molar-refractivity contribution < 1.29 is 14.7 Å². The Bertz CT molecular complexity index is 684. The van der Waals surface area contributed by atoms with E-state index in [2.05, 4.69) is 15.7 Å². The number of aryl methyl sites for hydroxylation is 1. The van der Waals surface area contributed by atoms with Gasteiger partial charge in [-0.25, -0.2) is 9.59 Å². The zero-order valence-electron chi connectivity index (χ0n) is 11.1. The molecule has 0 atom stereocenters. The number of nitrogens with zero attached hydrogens (tertiary/aromatic N) is 2. The first-order valence-corrected chi connectivity index (χ1v) is 6.39. The molecule has 3 N–H and O–H groups in total. The highest BCUT2D eigenvalue weighted by molar-refractivity contribution is 6.34. The monoisotopic (exact) mass is 308 g/mol. The van der Waals surface area contributed by atoms with Gasteiger partial charge in [0.15, 0.2) is 0 Å². The molecule has 110 valence electrons. The van der Waals surface area contributed by atoms with E-state index in [9.17, 15) is 9.59 Å². The molecule has 0 saturated heterocycles. The molecular weight excluding hydrogens is 296 g/mol. The van der Waals surface area contributed by atoms with Gasteiger partial charge in [-0.05, 0) is 24.3 Å². The number of rotatable bonds is 4. The Morgan fingerprint density at radius 2 is 2.14 bits per heavy atom. The number of aromatic carboxylic acids is 1. The van der Waals surface area contributed by atoms with Crippen LogP contribution in [0.25, 0.3) is 0 Å². The van der Waals surface area contributed by atoms with Crippen molar-refractivity contribution in [3.8, 4) is 0 Å². The van der Waals surface area contributed by atoms with Crippen LogP contribution >= 0.6 is 11.6 Å². The molecule has 1 heterocycles. The number of carbonyl (C=O) groups is 2. The second-order valence-corrected chi connectivity index (χ2v) is 4.66. The molecule has 0 radical (unpaired) electrons. The molecule has 0 bridgehead atoms. The van der Waals surface area contributed by atoms with Crippen LogP contribution in [0.3, 0.4) is 0 Å². The van der Waals surface area contributed by atoms with Crippen molar-refractivity contribution in [3.63, 3.8) is 0 Å². The van der Waals surface area contributed by atoms with E-state index < -0.39 is 12.0 Å². The van der Waals surface area contributed by atoms with Crippen molar-refractivity contribution in [1.29, 1.82) is 0 Å². The summed E-state index contributed by atoms with van der Waals surface area (Å²) in [5, 5.41) is 18.2. The summed E-state index contributed by atoms with van der Waals surface area (Å²) >= 11 is 5.92. The van der Waals surface area contributed by atoms with Crippen molar-refractivity contribution in [2.75, 3.05) is 5.32 Å². The van der Waals surface area contributed by atoms with Crippen LogP contribution in [0.4, 0.5) is 10.5 Å². The molecule has 2 rings (SSSR count). The first kappa shape index (κ1) is 14.9. The van der Waals surface area contributed by atoms with Gasteiger partial charge in [-0.1, -0.05) is 11.6 Å². The van der Waals surface area contributed by atoms with E-state index in [1.54, 1.807) is 24.0 Å². The topological polar surface area (TPSA) is 96.3 Å². The average Bonchev–Trinajstić information content (AvgIpc) is 2.84. The van der Waals surface area contributed by atoms with Gasteiger partial charge in [0.25, 0.3) is 0 Å². The highest BCUT2D eigenvalue weighted by Crippen LogP contribution is 2.22. The van der Waals surface area contributed by atoms with Crippen LogP contribution in [-0.2, 0) is 13.6 Å². The molecule has 7 nitrogen and oxygen atoms in total. The van der Waals surface area contributed by atoms with Crippen molar-refractivity contribution in [2.45, 2.75) is 6.54 Å². The lowest BCUT2D eigenvalue weighted by Crippen LogP contribution is -2.29. The fourth-order valence-corrected chi connectivity index (χ4v) is 1.89. The number of aromatic nitrogens is 2. The highest BCUT2D eigenvalue weighted by Gasteiger charge is 2.09. The first-order chi connectivity index (χ1) is 9.97. The zero-order chi connectivity index (χ0) is 15.4. The smallest absolute Gasteiger partial charge is 0.335 e. The van der Waals surface area contributed by atoms with E-state index in [1.807, 2.05) is 0 Å². The number of carboxylic acid groups (broad SMARTS) is 1. The number of carboxylic acids is 1. The number of halogens is 1. The predicted octanol–water partition coefficient (Wildman–Crippen LogP) is 2.09. The van der Waals surface area contributed by atoms with E-state index in [-0.39, 0.29) is 10.6 Å². The van der Waals surface area contributed by atoms with Crippen molar-refractivity contribution in [2.24, 2.45) is 7.05 Å². The Labute approximate surface area is 125 Å². The summed E-state index contributed by atoms with van der Waals surface area (Å²) in [6, 6.07) is 5.43. The summed E-state index contributed by atoms with van der Waals surface area (Å²) < 4.78 is 1.65. The number of carbonyl (C=O) groups excluding carboxylic acids is 1. The number of hydrogen-bond acceptors (Lipinski definition) is 3. The highest BCUT2D eigenvalue weighted by atomic mass is 35.5. The number of benzene rings is 1. The molecule has 0 aliphatic rings. The number of amides is 2. The Hall–Kier alpha value is -2.54. The normalized spacial score (nSPS) is 10.2. The third kappa shape index (κ3) is 3.73.